The third kappa shape index (κ3) is 5.58. The minimum atomic E-state index is -2.88. The summed E-state index contributed by atoms with van der Waals surface area (Å²) >= 11 is 0. The first-order valence-corrected chi connectivity index (χ1v) is 22.3. The van der Waals surface area contributed by atoms with Gasteiger partial charge in [0.15, 0.2) is 15.3 Å². The highest BCUT2D eigenvalue weighted by Crippen LogP contribution is 2.76. The van der Waals surface area contributed by atoms with Crippen molar-refractivity contribution in [1.82, 2.24) is 10.2 Å². The van der Waals surface area contributed by atoms with E-state index in [-0.39, 0.29) is 51.5 Å². The van der Waals surface area contributed by atoms with Gasteiger partial charge in [-0.2, -0.15) is 0 Å². The van der Waals surface area contributed by atoms with Gasteiger partial charge in [0.2, 0.25) is 0 Å². The van der Waals surface area contributed by atoms with E-state index in [0.717, 1.165) is 19.5 Å². The molecule has 5 fully saturated rings. The lowest BCUT2D eigenvalue weighted by molar-refractivity contribution is -0.221. The maximum Gasteiger partial charge on any atom is 0.321 e. The Balaban J connectivity index is 1.13. The van der Waals surface area contributed by atoms with Crippen LogP contribution in [0.2, 0.25) is 0 Å². The van der Waals surface area contributed by atoms with Crippen LogP contribution in [-0.4, -0.2) is 78.7 Å². The van der Waals surface area contributed by atoms with Crippen molar-refractivity contribution in [3.8, 4) is 0 Å². The van der Waals surface area contributed by atoms with Gasteiger partial charge in [-0.1, -0.05) is 58.9 Å². The number of carbonyl (C=O) groups is 2. The van der Waals surface area contributed by atoms with E-state index in [9.17, 15) is 28.2 Å². The van der Waals surface area contributed by atoms with Crippen molar-refractivity contribution in [3.05, 3.63) is 35.5 Å². The number of fused-ring (bicyclic) bond motifs is 7. The van der Waals surface area contributed by atoms with E-state index >= 15 is 0 Å². The highest BCUT2D eigenvalue weighted by atomic mass is 32.2. The quantitative estimate of drug-likeness (QED) is 0.173. The molecule has 9 heteroatoms. The molecule has 0 bridgehead atoms. The van der Waals surface area contributed by atoms with Gasteiger partial charge in [-0.3, -0.25) is 9.59 Å². The number of aliphatic carboxylic acids is 2. The number of nitrogens with zero attached hydrogens (tertiary/aromatic N) is 1. The summed E-state index contributed by atoms with van der Waals surface area (Å²) in [6.07, 6.45) is 15.9. The highest BCUT2D eigenvalue weighted by molar-refractivity contribution is 7.91. The topological polar surface area (TPSA) is 124 Å². The number of nitrogens with one attached hydrogen (secondary N) is 1. The molecule has 0 amide bonds. The summed E-state index contributed by atoms with van der Waals surface area (Å²) < 4.78 is 24.1. The molecule has 1 saturated heterocycles. The Morgan fingerprint density at radius 3 is 2.17 bits per heavy atom. The molecule has 290 valence electrons. The molecule has 52 heavy (non-hydrogen) atoms. The van der Waals surface area contributed by atoms with Crippen LogP contribution in [0.15, 0.2) is 35.5 Å². The van der Waals surface area contributed by atoms with Gasteiger partial charge in [-0.25, -0.2) is 8.42 Å². The molecule has 4 saturated carbocycles. The van der Waals surface area contributed by atoms with Gasteiger partial charge in [-0.05, 0) is 146 Å². The fourth-order valence-corrected chi connectivity index (χ4v) is 15.9. The maximum atomic E-state index is 12.1. The van der Waals surface area contributed by atoms with E-state index < -0.39 is 27.2 Å². The molecule has 0 radical (unpaired) electrons. The predicted molar refractivity (Wildman–Crippen MR) is 205 cm³/mol. The lowest BCUT2D eigenvalue weighted by atomic mass is 9.33. The van der Waals surface area contributed by atoms with Crippen LogP contribution < -0.4 is 5.32 Å². The number of sulfone groups is 1. The summed E-state index contributed by atoms with van der Waals surface area (Å²) in [6.45, 7) is 22.7. The Morgan fingerprint density at radius 1 is 0.865 bits per heavy atom. The first-order chi connectivity index (χ1) is 24.3. The van der Waals surface area contributed by atoms with Crippen LogP contribution in [0.1, 0.15) is 119 Å². The summed E-state index contributed by atoms with van der Waals surface area (Å²) in [5.74, 6) is 0.982. The Morgan fingerprint density at radius 2 is 1.56 bits per heavy atom. The van der Waals surface area contributed by atoms with Gasteiger partial charge < -0.3 is 20.4 Å². The third-order valence-electron chi connectivity index (χ3n) is 17.7. The molecule has 0 spiro atoms. The first-order valence-electron chi connectivity index (χ1n) is 20.5. The van der Waals surface area contributed by atoms with Crippen LogP contribution in [-0.2, 0) is 19.4 Å². The van der Waals surface area contributed by atoms with Crippen LogP contribution >= 0.6 is 0 Å². The van der Waals surface area contributed by atoms with Gasteiger partial charge in [-0.15, -0.1) is 0 Å². The summed E-state index contributed by atoms with van der Waals surface area (Å²) in [5.41, 5.74) is 2.79. The summed E-state index contributed by atoms with van der Waals surface area (Å²) in [5, 5.41) is 23.9. The lowest BCUT2D eigenvalue weighted by Crippen LogP contribution is -2.68. The van der Waals surface area contributed by atoms with E-state index in [2.05, 4.69) is 64.4 Å². The molecule has 1 heterocycles. The average molecular weight is 739 g/mol. The second-order valence-corrected chi connectivity index (χ2v) is 22.2. The minimum absolute atomic E-state index is 0.0497. The molecule has 7 rings (SSSR count). The van der Waals surface area contributed by atoms with Crippen LogP contribution in [0, 0.1) is 56.7 Å². The second kappa shape index (κ2) is 12.8. The smallest absolute Gasteiger partial charge is 0.321 e. The fraction of sp³-hybridized carbons (Fsp3) is 0.814. The van der Waals surface area contributed by atoms with Crippen LogP contribution in [0.3, 0.4) is 0 Å². The number of allylic oxidation sites excluding steroid dienone is 5. The Hall–Kier alpha value is -1.97. The summed E-state index contributed by atoms with van der Waals surface area (Å²) in [6, 6.07) is 0. The number of carboxylic acid groups (broad SMARTS) is 2. The van der Waals surface area contributed by atoms with Crippen LogP contribution in [0.5, 0.6) is 0 Å². The molecular formula is C43H66N2O6S. The predicted octanol–water partition coefficient (Wildman–Crippen LogP) is 7.52. The van der Waals surface area contributed by atoms with Crippen molar-refractivity contribution in [2.75, 3.05) is 37.7 Å². The van der Waals surface area contributed by atoms with Crippen molar-refractivity contribution in [2.45, 2.75) is 124 Å². The molecule has 6 aliphatic carbocycles. The first kappa shape index (κ1) is 38.3. The summed E-state index contributed by atoms with van der Waals surface area (Å²) in [4.78, 5) is 26.4. The van der Waals surface area contributed by atoms with E-state index in [0.29, 0.717) is 49.1 Å². The molecule has 0 aromatic carbocycles. The van der Waals surface area contributed by atoms with E-state index in [1.165, 1.54) is 68.1 Å². The van der Waals surface area contributed by atoms with Crippen molar-refractivity contribution < 1.29 is 28.2 Å². The fourth-order valence-electron chi connectivity index (χ4n) is 14.6. The van der Waals surface area contributed by atoms with Crippen LogP contribution in [0.4, 0.5) is 0 Å². The highest BCUT2D eigenvalue weighted by Gasteiger charge is 2.70. The molecule has 1 unspecified atom stereocenters. The molecule has 0 aromatic rings. The Labute approximate surface area is 313 Å². The summed E-state index contributed by atoms with van der Waals surface area (Å²) in [7, 11) is -2.88. The van der Waals surface area contributed by atoms with Crippen molar-refractivity contribution in [2.24, 2.45) is 56.7 Å². The van der Waals surface area contributed by atoms with Gasteiger partial charge in [0.05, 0.1) is 11.5 Å². The SMILES string of the molecule is C=C(C)[C@@H]1CC[C@]2(NCCN3CCS(=O)(=O)CC3)CC[C@]3(C)[C@H](CC[C@@H]4[C@@]5(C)CC=C(C6=CCC(C(=O)O)(C(=O)O)CC6)C(C)(C)C5CC[C@]43C)[C@@H]12. The third-order valence-corrected chi connectivity index (χ3v) is 19.3. The Bertz CT molecular complexity index is 1650. The minimum Gasteiger partial charge on any atom is -0.480 e. The number of carboxylic acids is 2. The molecular weight excluding hydrogens is 673 g/mol. The van der Waals surface area contributed by atoms with Crippen molar-refractivity contribution >= 4 is 21.8 Å². The molecule has 9 atom stereocenters. The maximum absolute atomic E-state index is 12.1. The standard InChI is InChI=1S/C43H66N2O6S/c1-28(2)30-12-19-43(44-22-23-45-24-26-52(50,51)27-25-45)21-20-40(6)32(35(30)43)8-9-34-39(5)15-13-31(38(3,4)33(39)14-16-41(34,40)7)29-10-17-42(18-11-29,36(46)47)37(48)49/h10,13,30,32-35,44H,1,8-9,11-12,14-27H2,2-7H3,(H,46,47)(H,48,49)/t30-,32+,33?,34+,35+,39-,40+,41+,43-/m0/s1. The van der Waals surface area contributed by atoms with E-state index in [4.69, 9.17) is 0 Å². The lowest BCUT2D eigenvalue weighted by Gasteiger charge is -2.72. The zero-order chi connectivity index (χ0) is 37.7. The monoisotopic (exact) mass is 738 g/mol. The molecule has 7 aliphatic rings. The van der Waals surface area contributed by atoms with Crippen molar-refractivity contribution in [1.29, 1.82) is 0 Å². The van der Waals surface area contributed by atoms with Crippen molar-refractivity contribution in [3.63, 3.8) is 0 Å². The molecule has 0 aromatic heterocycles. The van der Waals surface area contributed by atoms with Gasteiger partial charge in [0.25, 0.3) is 0 Å². The Kier molecular flexibility index (Phi) is 9.42. The number of hydrogen-bond donors (Lipinski definition) is 3. The van der Waals surface area contributed by atoms with Crippen LogP contribution in [0.25, 0.3) is 0 Å². The van der Waals surface area contributed by atoms with Gasteiger partial charge >= 0.3 is 11.9 Å². The molecule has 3 N–H and O–H groups in total. The van der Waals surface area contributed by atoms with E-state index in [1.54, 1.807) is 0 Å². The van der Waals surface area contributed by atoms with E-state index in [1.807, 2.05) is 6.08 Å². The zero-order valence-corrected chi connectivity index (χ0v) is 33.7. The average Bonchev–Trinajstić information content (AvgIpc) is 3.45. The molecule has 8 nitrogen and oxygen atoms in total. The normalized spacial score (nSPS) is 43.5. The molecule has 1 aliphatic heterocycles. The number of hydrogen-bond acceptors (Lipinski definition) is 6. The van der Waals surface area contributed by atoms with Gasteiger partial charge in [0, 0.05) is 31.7 Å². The number of rotatable bonds is 8. The van der Waals surface area contributed by atoms with Gasteiger partial charge in [0.1, 0.15) is 0 Å². The second-order valence-electron chi connectivity index (χ2n) is 19.9. The zero-order valence-electron chi connectivity index (χ0n) is 32.9. The largest absolute Gasteiger partial charge is 0.480 e.